The van der Waals surface area contributed by atoms with Crippen LogP contribution in [0.2, 0.25) is 0 Å². The normalized spacial score (nSPS) is 15.4. The van der Waals surface area contributed by atoms with Crippen LogP contribution in [0.4, 0.5) is 5.82 Å². The molecule has 1 aliphatic heterocycles. The minimum Gasteiger partial charge on any atom is -0.497 e. The van der Waals surface area contributed by atoms with Crippen LogP contribution in [0.3, 0.4) is 0 Å². The maximum atomic E-state index is 12.7. The molecule has 0 saturated carbocycles. The number of nitrogens with two attached hydrogens (primary N) is 1. The molecule has 0 radical (unpaired) electrons. The van der Waals surface area contributed by atoms with Gasteiger partial charge in [0.05, 0.1) is 19.3 Å². The third-order valence-corrected chi connectivity index (χ3v) is 4.89. The molecule has 144 valence electrons. The summed E-state index contributed by atoms with van der Waals surface area (Å²) < 4.78 is 11.1. The first kappa shape index (κ1) is 17.9. The lowest BCUT2D eigenvalue weighted by molar-refractivity contribution is 0.0934. The van der Waals surface area contributed by atoms with E-state index in [1.54, 1.807) is 7.11 Å². The van der Waals surface area contributed by atoms with Crippen LogP contribution < -0.4 is 20.5 Å². The standard InChI is InChI=1S/C21H22N4O3/c1-27-16-8-7-15-9-13(12-28-17(15)10-16)11-23-21(26)19-18(20(22)25-24-19)14-5-3-2-4-6-14/h2-8,10,13H,9,11-12H2,1H3,(H,23,26)(H3,22,24,25)/t13-/m1/s1. The molecule has 0 aliphatic carbocycles. The molecule has 0 spiro atoms. The zero-order valence-corrected chi connectivity index (χ0v) is 15.6. The molecule has 1 aromatic heterocycles. The number of aromatic amines is 1. The monoisotopic (exact) mass is 378 g/mol. The molecular weight excluding hydrogens is 356 g/mol. The SMILES string of the molecule is COc1ccc2c(c1)OC[C@@H](CNC(=O)c1[nH]nc(N)c1-c1ccccc1)C2. The summed E-state index contributed by atoms with van der Waals surface area (Å²) in [5, 5.41) is 9.74. The number of nitrogens with zero attached hydrogens (tertiary/aromatic N) is 1. The Balaban J connectivity index is 1.43. The lowest BCUT2D eigenvalue weighted by atomic mass is 9.96. The van der Waals surface area contributed by atoms with E-state index >= 15 is 0 Å². The van der Waals surface area contributed by atoms with E-state index in [9.17, 15) is 4.79 Å². The number of carbonyl (C=O) groups excluding carboxylic acids is 1. The van der Waals surface area contributed by atoms with Gasteiger partial charge in [-0.3, -0.25) is 9.89 Å². The van der Waals surface area contributed by atoms with Crippen molar-refractivity contribution in [2.45, 2.75) is 6.42 Å². The number of hydrogen-bond donors (Lipinski definition) is 3. The predicted octanol–water partition coefficient (Wildman–Crippen LogP) is 2.65. The molecule has 1 atom stereocenters. The van der Waals surface area contributed by atoms with Crippen molar-refractivity contribution in [1.82, 2.24) is 15.5 Å². The van der Waals surface area contributed by atoms with Gasteiger partial charge in [0.1, 0.15) is 17.2 Å². The van der Waals surface area contributed by atoms with Crippen LogP contribution in [0, 0.1) is 5.92 Å². The number of methoxy groups -OCH3 is 1. The van der Waals surface area contributed by atoms with Gasteiger partial charge < -0.3 is 20.5 Å². The molecule has 7 nitrogen and oxygen atoms in total. The van der Waals surface area contributed by atoms with Crippen LogP contribution in [0.1, 0.15) is 16.1 Å². The molecule has 28 heavy (non-hydrogen) atoms. The number of nitrogen functional groups attached to an aromatic ring is 1. The van der Waals surface area contributed by atoms with Crippen molar-refractivity contribution >= 4 is 11.7 Å². The molecular formula is C21H22N4O3. The minimum atomic E-state index is -0.233. The molecule has 0 fully saturated rings. The van der Waals surface area contributed by atoms with E-state index < -0.39 is 0 Å². The second kappa shape index (κ2) is 7.64. The second-order valence-corrected chi connectivity index (χ2v) is 6.79. The Kier molecular flexibility index (Phi) is 4.89. The van der Waals surface area contributed by atoms with Crippen molar-refractivity contribution in [2.24, 2.45) is 5.92 Å². The highest BCUT2D eigenvalue weighted by Gasteiger charge is 2.23. The summed E-state index contributed by atoms with van der Waals surface area (Å²) >= 11 is 0. The van der Waals surface area contributed by atoms with Crippen LogP contribution in [0.15, 0.2) is 48.5 Å². The van der Waals surface area contributed by atoms with Gasteiger partial charge in [0.15, 0.2) is 5.82 Å². The van der Waals surface area contributed by atoms with E-state index in [1.165, 1.54) is 0 Å². The second-order valence-electron chi connectivity index (χ2n) is 6.79. The zero-order valence-electron chi connectivity index (χ0n) is 15.6. The first-order valence-electron chi connectivity index (χ1n) is 9.13. The number of anilines is 1. The fourth-order valence-corrected chi connectivity index (χ4v) is 3.42. The summed E-state index contributed by atoms with van der Waals surface area (Å²) in [6, 6.07) is 15.3. The summed E-state index contributed by atoms with van der Waals surface area (Å²) in [7, 11) is 1.63. The highest BCUT2D eigenvalue weighted by molar-refractivity contribution is 6.01. The Hall–Kier alpha value is -3.48. The van der Waals surface area contributed by atoms with Gasteiger partial charge in [-0.1, -0.05) is 36.4 Å². The lowest BCUT2D eigenvalue weighted by Crippen LogP contribution is -2.35. The highest BCUT2D eigenvalue weighted by Crippen LogP contribution is 2.31. The highest BCUT2D eigenvalue weighted by atomic mass is 16.5. The summed E-state index contributed by atoms with van der Waals surface area (Å²) in [5.41, 5.74) is 8.92. The van der Waals surface area contributed by atoms with Crippen molar-refractivity contribution in [3.63, 3.8) is 0 Å². The number of nitrogens with one attached hydrogen (secondary N) is 2. The van der Waals surface area contributed by atoms with Crippen LogP contribution in [-0.4, -0.2) is 36.4 Å². The van der Waals surface area contributed by atoms with Gasteiger partial charge in [0.25, 0.3) is 5.91 Å². The number of aromatic nitrogens is 2. The van der Waals surface area contributed by atoms with Gasteiger partial charge in [-0.25, -0.2) is 0 Å². The Labute approximate surface area is 162 Å². The summed E-state index contributed by atoms with van der Waals surface area (Å²) in [4.78, 5) is 12.7. The number of hydrogen-bond acceptors (Lipinski definition) is 5. The van der Waals surface area contributed by atoms with Gasteiger partial charge in [0.2, 0.25) is 0 Å². The first-order valence-corrected chi connectivity index (χ1v) is 9.13. The molecule has 1 aliphatic rings. The topological polar surface area (TPSA) is 102 Å². The Morgan fingerprint density at radius 3 is 2.93 bits per heavy atom. The summed E-state index contributed by atoms with van der Waals surface area (Å²) in [5.74, 6) is 1.87. The molecule has 7 heteroatoms. The fraction of sp³-hybridized carbons (Fsp3) is 0.238. The van der Waals surface area contributed by atoms with E-state index in [0.29, 0.717) is 30.2 Å². The third kappa shape index (κ3) is 3.51. The molecule has 0 saturated heterocycles. The van der Waals surface area contributed by atoms with Crippen LogP contribution >= 0.6 is 0 Å². The smallest absolute Gasteiger partial charge is 0.270 e. The molecule has 0 bridgehead atoms. The number of benzene rings is 2. The van der Waals surface area contributed by atoms with Crippen molar-refractivity contribution in [3.8, 4) is 22.6 Å². The summed E-state index contributed by atoms with van der Waals surface area (Å²) in [6.07, 6.45) is 0.830. The molecule has 2 aromatic carbocycles. The Bertz CT molecular complexity index is 985. The maximum Gasteiger partial charge on any atom is 0.270 e. The average molecular weight is 378 g/mol. The molecule has 4 rings (SSSR count). The fourth-order valence-electron chi connectivity index (χ4n) is 3.42. The van der Waals surface area contributed by atoms with Crippen LogP contribution in [0.5, 0.6) is 11.5 Å². The van der Waals surface area contributed by atoms with Gasteiger partial charge in [-0.05, 0) is 23.6 Å². The molecule has 2 heterocycles. The molecule has 0 unspecified atom stereocenters. The number of ether oxygens (including phenoxy) is 2. The Morgan fingerprint density at radius 2 is 2.14 bits per heavy atom. The van der Waals surface area contributed by atoms with Crippen molar-refractivity contribution in [1.29, 1.82) is 0 Å². The van der Waals surface area contributed by atoms with Gasteiger partial charge >= 0.3 is 0 Å². The van der Waals surface area contributed by atoms with E-state index in [-0.39, 0.29) is 11.8 Å². The largest absolute Gasteiger partial charge is 0.497 e. The van der Waals surface area contributed by atoms with Crippen LogP contribution in [0.25, 0.3) is 11.1 Å². The molecule has 1 amide bonds. The first-order chi connectivity index (χ1) is 13.7. The number of amides is 1. The number of carbonyl (C=O) groups is 1. The van der Waals surface area contributed by atoms with Gasteiger partial charge in [-0.15, -0.1) is 0 Å². The van der Waals surface area contributed by atoms with Crippen molar-refractivity contribution < 1.29 is 14.3 Å². The van der Waals surface area contributed by atoms with E-state index in [4.69, 9.17) is 15.2 Å². The quantitative estimate of drug-likeness (QED) is 0.633. The van der Waals surface area contributed by atoms with Crippen LogP contribution in [-0.2, 0) is 6.42 Å². The minimum absolute atomic E-state index is 0.185. The van der Waals surface area contributed by atoms with Crippen molar-refractivity contribution in [2.75, 3.05) is 26.0 Å². The van der Waals surface area contributed by atoms with E-state index in [0.717, 1.165) is 29.0 Å². The third-order valence-electron chi connectivity index (χ3n) is 4.89. The van der Waals surface area contributed by atoms with E-state index in [2.05, 4.69) is 15.5 Å². The average Bonchev–Trinajstić information content (AvgIpc) is 3.13. The Morgan fingerprint density at radius 1 is 1.32 bits per heavy atom. The molecule has 4 N–H and O–H groups in total. The van der Waals surface area contributed by atoms with Gasteiger partial charge in [0, 0.05) is 18.5 Å². The van der Waals surface area contributed by atoms with Gasteiger partial charge in [-0.2, -0.15) is 5.10 Å². The number of rotatable bonds is 5. The van der Waals surface area contributed by atoms with Crippen molar-refractivity contribution in [3.05, 3.63) is 59.8 Å². The summed E-state index contributed by atoms with van der Waals surface area (Å²) in [6.45, 7) is 1.04. The predicted molar refractivity (Wildman–Crippen MR) is 106 cm³/mol. The number of H-pyrrole nitrogens is 1. The molecule has 3 aromatic rings. The van der Waals surface area contributed by atoms with E-state index in [1.807, 2.05) is 48.5 Å². The maximum absolute atomic E-state index is 12.7. The number of fused-ring (bicyclic) bond motifs is 1. The lowest BCUT2D eigenvalue weighted by Gasteiger charge is -2.25. The zero-order chi connectivity index (χ0) is 19.5.